The lowest BCUT2D eigenvalue weighted by Crippen LogP contribution is -2.71. The van der Waals surface area contributed by atoms with E-state index in [9.17, 15) is 46.0 Å². The first-order valence-electron chi connectivity index (χ1n) is 8.83. The van der Waals surface area contributed by atoms with Gasteiger partial charge in [0.05, 0.1) is 19.8 Å². The van der Waals surface area contributed by atoms with Gasteiger partial charge in [-0.25, -0.2) is 0 Å². The number of ether oxygens (including phenoxy) is 3. The highest BCUT2D eigenvalue weighted by molar-refractivity contribution is 5.01. The molecule has 0 aromatic heterocycles. The second-order valence-corrected chi connectivity index (χ2v) is 7.06. The summed E-state index contributed by atoms with van der Waals surface area (Å²) in [5.41, 5.74) is 0. The number of hydrogen-bond acceptors (Lipinski definition) is 14. The summed E-state index contributed by atoms with van der Waals surface area (Å²) in [5, 5.41) is 107. The molecule has 14 nitrogen and oxygen atoms in total. The van der Waals surface area contributed by atoms with Gasteiger partial charge in [0.1, 0.15) is 61.0 Å². The summed E-state index contributed by atoms with van der Waals surface area (Å²) in [6.07, 6.45) is -20.2. The minimum absolute atomic E-state index is 0.719. The van der Waals surface area contributed by atoms with Crippen molar-refractivity contribution in [1.29, 1.82) is 0 Å². The summed E-state index contributed by atoms with van der Waals surface area (Å²) in [7, 11) is 0. The van der Waals surface area contributed by atoms with Crippen LogP contribution in [0.1, 0.15) is 0 Å². The molecule has 2 fully saturated rings. The minimum Gasteiger partial charge on any atom is -0.394 e. The average molecular weight is 432 g/mol. The largest absolute Gasteiger partial charge is 0.394 e. The van der Waals surface area contributed by atoms with Crippen LogP contribution in [0.3, 0.4) is 0 Å². The Morgan fingerprint density at radius 2 is 1.41 bits per heavy atom. The van der Waals surface area contributed by atoms with Crippen molar-refractivity contribution in [2.24, 2.45) is 0 Å². The second-order valence-electron chi connectivity index (χ2n) is 7.06. The number of rotatable bonds is 7. The van der Waals surface area contributed by atoms with Gasteiger partial charge in [-0.3, -0.25) is 0 Å². The maximum atomic E-state index is 10.4. The van der Waals surface area contributed by atoms with E-state index >= 15 is 0 Å². The van der Waals surface area contributed by atoms with Crippen LogP contribution in [0.5, 0.6) is 0 Å². The lowest BCUT2D eigenvalue weighted by atomic mass is 9.87. The highest BCUT2D eigenvalue weighted by atomic mass is 16.7. The Hall–Kier alpha value is -0.560. The fourth-order valence-corrected chi connectivity index (χ4v) is 3.18. The summed E-state index contributed by atoms with van der Waals surface area (Å²) in [5.74, 6) is -3.01. The molecule has 0 aliphatic carbocycles. The van der Waals surface area contributed by atoms with Crippen LogP contribution < -0.4 is 0 Å². The number of hydrogen-bond donors (Lipinski definition) is 11. The summed E-state index contributed by atoms with van der Waals surface area (Å²) >= 11 is 0. The molecule has 0 bridgehead atoms. The highest BCUT2D eigenvalue weighted by Crippen LogP contribution is 2.33. The van der Waals surface area contributed by atoms with E-state index in [1.165, 1.54) is 0 Å². The van der Waals surface area contributed by atoms with Crippen molar-refractivity contribution in [2.45, 2.75) is 73.1 Å². The van der Waals surface area contributed by atoms with E-state index in [4.69, 9.17) is 24.4 Å². The van der Waals surface area contributed by atoms with Crippen LogP contribution in [0.2, 0.25) is 0 Å². The Labute approximate surface area is 164 Å². The van der Waals surface area contributed by atoms with Gasteiger partial charge >= 0.3 is 0 Å². The molecule has 14 heteroatoms. The van der Waals surface area contributed by atoms with Crippen LogP contribution in [-0.2, 0) is 14.2 Å². The Balaban J connectivity index is 2.11. The molecule has 0 amide bonds. The summed E-state index contributed by atoms with van der Waals surface area (Å²) in [4.78, 5) is 0. The molecule has 2 aliphatic heterocycles. The number of aliphatic hydroxyl groups excluding tert-OH is 10. The van der Waals surface area contributed by atoms with Crippen LogP contribution in [0.15, 0.2) is 0 Å². The Morgan fingerprint density at radius 1 is 0.828 bits per heavy atom. The smallest absolute Gasteiger partial charge is 0.224 e. The molecule has 5 unspecified atom stereocenters. The minimum atomic E-state index is -3.01. The van der Waals surface area contributed by atoms with Crippen molar-refractivity contribution in [2.75, 3.05) is 19.8 Å². The molecule has 12 atom stereocenters. The molecule has 11 N–H and O–H groups in total. The van der Waals surface area contributed by atoms with E-state index in [-0.39, 0.29) is 0 Å². The van der Waals surface area contributed by atoms with E-state index in [1.807, 2.05) is 0 Å². The summed E-state index contributed by atoms with van der Waals surface area (Å²) in [6, 6.07) is 0. The van der Waals surface area contributed by atoms with Gasteiger partial charge in [-0.15, -0.1) is 0 Å². The van der Waals surface area contributed by atoms with E-state index < -0.39 is 92.9 Å². The van der Waals surface area contributed by atoms with Crippen LogP contribution >= 0.6 is 0 Å². The molecule has 2 rings (SSSR count). The third kappa shape index (κ3) is 4.70. The molecule has 2 saturated heterocycles. The predicted molar refractivity (Wildman–Crippen MR) is 86.7 cm³/mol. The van der Waals surface area contributed by atoms with Crippen LogP contribution in [0.25, 0.3) is 0 Å². The molecule has 172 valence electrons. The van der Waals surface area contributed by atoms with E-state index in [1.54, 1.807) is 0 Å². The zero-order valence-electron chi connectivity index (χ0n) is 15.1. The Bertz CT molecular complexity index is 515. The fourth-order valence-electron chi connectivity index (χ4n) is 3.18. The second kappa shape index (κ2) is 9.71. The molecule has 0 aromatic rings. The van der Waals surface area contributed by atoms with Gasteiger partial charge in [-0.1, -0.05) is 0 Å². The standard InChI is InChI=1S/C15H28O14/c16-1-4(18)12(24)15(26)13(25)10(22)8(20)6(29-15)3-27-14-11(23)9(21)7(19)5(2-17)28-14/h4-14,16-26H,1-3H2/t4?,5?,6-,7?,8-,9+,10+,11?,12?,13-,14+,15+/m1/s1. The normalized spacial score (nSPS) is 48.3. The van der Waals surface area contributed by atoms with Gasteiger partial charge in [-0.2, -0.15) is 0 Å². The van der Waals surface area contributed by atoms with E-state index in [0.29, 0.717) is 0 Å². The predicted octanol–water partition coefficient (Wildman–Crippen LogP) is -7.31. The molecule has 0 aromatic carbocycles. The molecule has 0 saturated carbocycles. The van der Waals surface area contributed by atoms with Crippen LogP contribution in [0.4, 0.5) is 0 Å². The zero-order chi connectivity index (χ0) is 22.1. The van der Waals surface area contributed by atoms with E-state index in [2.05, 4.69) is 0 Å². The topological polar surface area (TPSA) is 250 Å². The highest BCUT2D eigenvalue weighted by Gasteiger charge is 2.58. The quantitative estimate of drug-likeness (QED) is 0.179. The SMILES string of the molecule is OCC(O)C(O)[C@]1(O)O[C@H](CO[C@H]2OC(CO)C(O)[C@H](O)C2O)[C@@H](O)[C@H](O)[C@H]1O. The van der Waals surface area contributed by atoms with Crippen LogP contribution in [0, 0.1) is 0 Å². The first-order chi connectivity index (χ1) is 13.5. The molecule has 0 radical (unpaired) electrons. The first-order valence-corrected chi connectivity index (χ1v) is 8.83. The molecule has 0 spiro atoms. The van der Waals surface area contributed by atoms with E-state index in [0.717, 1.165) is 0 Å². The van der Waals surface area contributed by atoms with Crippen molar-refractivity contribution < 1.29 is 70.4 Å². The van der Waals surface area contributed by atoms with Gasteiger partial charge < -0.3 is 70.4 Å². The third-order valence-corrected chi connectivity index (χ3v) is 5.07. The molecule has 29 heavy (non-hydrogen) atoms. The third-order valence-electron chi connectivity index (χ3n) is 5.07. The van der Waals surface area contributed by atoms with Gasteiger partial charge in [-0.05, 0) is 0 Å². The van der Waals surface area contributed by atoms with Crippen molar-refractivity contribution in [3.8, 4) is 0 Å². The van der Waals surface area contributed by atoms with Gasteiger partial charge in [0, 0.05) is 0 Å². The summed E-state index contributed by atoms with van der Waals surface area (Å²) in [6.45, 7) is -2.48. The van der Waals surface area contributed by atoms with Gasteiger partial charge in [0.15, 0.2) is 6.29 Å². The average Bonchev–Trinajstić information content (AvgIpc) is 2.72. The maximum absolute atomic E-state index is 10.4. The number of aliphatic hydroxyl groups is 11. The van der Waals surface area contributed by atoms with Crippen LogP contribution in [-0.4, -0.2) is 149 Å². The van der Waals surface area contributed by atoms with Gasteiger partial charge in [0.2, 0.25) is 5.79 Å². The Morgan fingerprint density at radius 3 is 1.97 bits per heavy atom. The molecule has 2 heterocycles. The van der Waals surface area contributed by atoms with Crippen molar-refractivity contribution in [3.63, 3.8) is 0 Å². The van der Waals surface area contributed by atoms with Gasteiger partial charge in [0.25, 0.3) is 0 Å². The maximum Gasteiger partial charge on any atom is 0.224 e. The van der Waals surface area contributed by atoms with Crippen molar-refractivity contribution in [3.05, 3.63) is 0 Å². The molecular formula is C15H28O14. The van der Waals surface area contributed by atoms with Crippen molar-refractivity contribution in [1.82, 2.24) is 0 Å². The lowest BCUT2D eigenvalue weighted by Gasteiger charge is -2.48. The molecular weight excluding hydrogens is 404 g/mol. The van der Waals surface area contributed by atoms with Crippen molar-refractivity contribution >= 4 is 0 Å². The fraction of sp³-hybridized carbons (Fsp3) is 1.00. The molecule has 2 aliphatic rings. The first kappa shape index (κ1) is 24.7. The summed E-state index contributed by atoms with van der Waals surface area (Å²) < 4.78 is 15.3. The monoisotopic (exact) mass is 432 g/mol. The Kier molecular flexibility index (Phi) is 8.28. The lowest BCUT2D eigenvalue weighted by molar-refractivity contribution is -0.390. The zero-order valence-corrected chi connectivity index (χ0v) is 15.1.